The maximum Gasteiger partial charge on any atom is 0.166 e. The number of fused-ring (bicyclic) bond motifs is 1. The highest BCUT2D eigenvalue weighted by molar-refractivity contribution is 8.02. The normalized spacial score (nSPS) is 11.4. The molecule has 0 saturated carbocycles. The van der Waals surface area contributed by atoms with Gasteiger partial charge in [0.2, 0.25) is 0 Å². The summed E-state index contributed by atoms with van der Waals surface area (Å²) >= 11 is 3.32. The lowest BCUT2D eigenvalue weighted by Gasteiger charge is -2.07. The van der Waals surface area contributed by atoms with E-state index < -0.39 is 0 Å². The first-order valence-electron chi connectivity index (χ1n) is 7.73. The van der Waals surface area contributed by atoms with Crippen LogP contribution in [0.3, 0.4) is 0 Å². The monoisotopic (exact) mass is 357 g/mol. The lowest BCUT2D eigenvalue weighted by molar-refractivity contribution is 0.270. The van der Waals surface area contributed by atoms with Crippen molar-refractivity contribution in [3.63, 3.8) is 0 Å². The maximum absolute atomic E-state index is 5.23. The van der Waals surface area contributed by atoms with E-state index in [1.165, 1.54) is 10.5 Å². The number of nitrogens with zero attached hydrogens (tertiary/aromatic N) is 2. The van der Waals surface area contributed by atoms with Crippen molar-refractivity contribution in [2.75, 3.05) is 6.61 Å². The van der Waals surface area contributed by atoms with Crippen molar-refractivity contribution < 1.29 is 4.74 Å². The van der Waals surface area contributed by atoms with Gasteiger partial charge in [0, 0.05) is 22.3 Å². The number of aromatic nitrogens is 3. The molecule has 0 radical (unpaired) electrons. The molecule has 0 spiro atoms. The van der Waals surface area contributed by atoms with Crippen molar-refractivity contribution in [3.05, 3.63) is 59.5 Å². The number of nitrogens with one attached hydrogen (secondary N) is 1. The third-order valence-corrected chi connectivity index (χ3v) is 5.31. The molecule has 4 nitrogen and oxygen atoms in total. The molecule has 0 atom stereocenters. The average molecular weight is 358 g/mol. The standard InChI is InChI=1S/C18H19N3OS2/c1-3-22-10-11-23-17-8-9-19-16(13(17)2)12-24-18-20-14-6-4-5-7-15(14)21-18/h4-11H,3,12H2,1-2H3,(H,20,21)/b11-10+. The number of pyridine rings is 1. The zero-order valence-electron chi connectivity index (χ0n) is 13.7. The van der Waals surface area contributed by atoms with Gasteiger partial charge in [-0.3, -0.25) is 4.98 Å². The first kappa shape index (κ1) is 16.9. The Morgan fingerprint density at radius 2 is 2.12 bits per heavy atom. The van der Waals surface area contributed by atoms with Gasteiger partial charge in [0.05, 0.1) is 29.6 Å². The number of ether oxygens (including phenoxy) is 1. The van der Waals surface area contributed by atoms with E-state index in [9.17, 15) is 0 Å². The molecule has 1 N–H and O–H groups in total. The molecule has 3 rings (SSSR count). The lowest BCUT2D eigenvalue weighted by atomic mass is 10.2. The van der Waals surface area contributed by atoms with Gasteiger partial charge in [-0.25, -0.2) is 4.98 Å². The topological polar surface area (TPSA) is 50.8 Å². The molecule has 1 aromatic carbocycles. The third-order valence-electron chi connectivity index (χ3n) is 3.49. The van der Waals surface area contributed by atoms with Crippen LogP contribution in [-0.2, 0) is 10.5 Å². The summed E-state index contributed by atoms with van der Waals surface area (Å²) in [5.74, 6) is 0.787. The Labute approximate surface area is 150 Å². The molecule has 2 aromatic heterocycles. The van der Waals surface area contributed by atoms with Gasteiger partial charge in [0.25, 0.3) is 0 Å². The molecule has 124 valence electrons. The van der Waals surface area contributed by atoms with Crippen LogP contribution >= 0.6 is 23.5 Å². The Morgan fingerprint density at radius 1 is 1.25 bits per heavy atom. The van der Waals surface area contributed by atoms with Crippen molar-refractivity contribution >= 4 is 34.6 Å². The summed E-state index contributed by atoms with van der Waals surface area (Å²) in [7, 11) is 0. The largest absolute Gasteiger partial charge is 0.501 e. The molecule has 24 heavy (non-hydrogen) atoms. The Hall–Kier alpha value is -1.92. The Bertz CT molecular complexity index is 812. The van der Waals surface area contributed by atoms with Crippen molar-refractivity contribution in [1.29, 1.82) is 0 Å². The van der Waals surface area contributed by atoms with Crippen LogP contribution in [0.15, 0.2) is 58.3 Å². The molecule has 0 aliphatic rings. The highest BCUT2D eigenvalue weighted by Gasteiger charge is 2.08. The van der Waals surface area contributed by atoms with Gasteiger partial charge in [0.15, 0.2) is 5.16 Å². The maximum atomic E-state index is 5.23. The number of hydrogen-bond donors (Lipinski definition) is 1. The van der Waals surface area contributed by atoms with E-state index in [1.807, 2.05) is 48.9 Å². The summed E-state index contributed by atoms with van der Waals surface area (Å²) in [4.78, 5) is 13.7. The molecule has 0 aliphatic heterocycles. The molecular formula is C18H19N3OS2. The number of thioether (sulfide) groups is 2. The Morgan fingerprint density at radius 3 is 2.96 bits per heavy atom. The number of aromatic amines is 1. The second kappa shape index (κ2) is 8.26. The SMILES string of the molecule is CCO/C=C/Sc1ccnc(CSc2nc3ccccc3[nH]2)c1C. The number of hydrogen-bond acceptors (Lipinski definition) is 5. The van der Waals surface area contributed by atoms with Crippen molar-refractivity contribution in [3.8, 4) is 0 Å². The molecule has 0 saturated heterocycles. The number of H-pyrrole nitrogens is 1. The van der Waals surface area contributed by atoms with E-state index in [2.05, 4.69) is 21.9 Å². The minimum atomic E-state index is 0.686. The first-order chi connectivity index (χ1) is 11.8. The molecule has 3 aromatic rings. The van der Waals surface area contributed by atoms with Crippen molar-refractivity contribution in [2.45, 2.75) is 29.7 Å². The molecule has 0 amide bonds. The predicted molar refractivity (Wildman–Crippen MR) is 101 cm³/mol. The van der Waals surface area contributed by atoms with E-state index in [-0.39, 0.29) is 0 Å². The third kappa shape index (κ3) is 4.13. The van der Waals surface area contributed by atoms with Crippen LogP contribution < -0.4 is 0 Å². The van der Waals surface area contributed by atoms with E-state index in [0.29, 0.717) is 6.61 Å². The Balaban J connectivity index is 1.68. The van der Waals surface area contributed by atoms with Gasteiger partial charge in [-0.2, -0.15) is 0 Å². The zero-order chi connectivity index (χ0) is 16.8. The van der Waals surface area contributed by atoms with Crippen LogP contribution in [-0.4, -0.2) is 21.6 Å². The fourth-order valence-electron chi connectivity index (χ4n) is 2.20. The number of benzene rings is 1. The molecule has 2 heterocycles. The summed E-state index contributed by atoms with van der Waals surface area (Å²) in [6.45, 7) is 4.77. The van der Waals surface area contributed by atoms with Crippen molar-refractivity contribution in [1.82, 2.24) is 15.0 Å². The van der Waals surface area contributed by atoms with Gasteiger partial charge in [0.1, 0.15) is 0 Å². The minimum absolute atomic E-state index is 0.686. The number of para-hydroxylation sites is 2. The van der Waals surface area contributed by atoms with Gasteiger partial charge in [-0.05, 0) is 37.6 Å². The van der Waals surface area contributed by atoms with Crippen LogP contribution in [0.1, 0.15) is 18.2 Å². The molecule has 0 aliphatic carbocycles. The smallest absolute Gasteiger partial charge is 0.166 e. The second-order valence-electron chi connectivity index (χ2n) is 5.07. The molecule has 6 heteroatoms. The van der Waals surface area contributed by atoms with E-state index in [4.69, 9.17) is 4.74 Å². The number of rotatable bonds is 7. The molecule has 0 unspecified atom stereocenters. The molecular weight excluding hydrogens is 338 g/mol. The van der Waals surface area contributed by atoms with E-state index >= 15 is 0 Å². The Kier molecular flexibility index (Phi) is 5.82. The van der Waals surface area contributed by atoms with E-state index in [1.54, 1.807) is 29.8 Å². The highest BCUT2D eigenvalue weighted by atomic mass is 32.2. The summed E-state index contributed by atoms with van der Waals surface area (Å²) in [6.07, 6.45) is 3.59. The van der Waals surface area contributed by atoms with Crippen LogP contribution in [0, 0.1) is 6.92 Å². The van der Waals surface area contributed by atoms with Crippen LogP contribution in [0.25, 0.3) is 11.0 Å². The quantitative estimate of drug-likeness (QED) is 0.467. The fourth-order valence-corrected chi connectivity index (χ4v) is 3.83. The van der Waals surface area contributed by atoms with Gasteiger partial charge in [-0.1, -0.05) is 35.7 Å². The van der Waals surface area contributed by atoms with Crippen LogP contribution in [0.2, 0.25) is 0 Å². The fraction of sp³-hybridized carbons (Fsp3) is 0.222. The summed E-state index contributed by atoms with van der Waals surface area (Å²) in [5, 5.41) is 2.88. The first-order valence-corrected chi connectivity index (χ1v) is 9.59. The summed E-state index contributed by atoms with van der Waals surface area (Å²) in [6, 6.07) is 10.1. The van der Waals surface area contributed by atoms with Gasteiger partial charge >= 0.3 is 0 Å². The summed E-state index contributed by atoms with van der Waals surface area (Å²) in [5.41, 5.74) is 4.34. The van der Waals surface area contributed by atoms with Crippen LogP contribution in [0.5, 0.6) is 0 Å². The molecule has 0 bridgehead atoms. The molecule has 0 fully saturated rings. The lowest BCUT2D eigenvalue weighted by Crippen LogP contribution is -1.93. The minimum Gasteiger partial charge on any atom is -0.501 e. The number of imidazole rings is 1. The summed E-state index contributed by atoms with van der Waals surface area (Å²) < 4.78 is 5.23. The zero-order valence-corrected chi connectivity index (χ0v) is 15.3. The predicted octanol–water partition coefficient (Wildman–Crippen LogP) is 5.16. The highest BCUT2D eigenvalue weighted by Crippen LogP contribution is 2.28. The van der Waals surface area contributed by atoms with Crippen molar-refractivity contribution in [2.24, 2.45) is 0 Å². The second-order valence-corrected chi connectivity index (χ2v) is 6.99. The van der Waals surface area contributed by atoms with Gasteiger partial charge < -0.3 is 9.72 Å². The van der Waals surface area contributed by atoms with E-state index in [0.717, 1.165) is 27.6 Å². The van der Waals surface area contributed by atoms with Gasteiger partial charge in [-0.15, -0.1) is 0 Å². The van der Waals surface area contributed by atoms with Crippen LogP contribution in [0.4, 0.5) is 0 Å². The average Bonchev–Trinajstić information content (AvgIpc) is 3.02.